The van der Waals surface area contributed by atoms with Crippen LogP contribution in [-0.4, -0.2) is 23.0 Å². The van der Waals surface area contributed by atoms with E-state index in [0.717, 1.165) is 32.8 Å². The summed E-state index contributed by atoms with van der Waals surface area (Å²) < 4.78 is 5.87. The van der Waals surface area contributed by atoms with E-state index in [1.54, 1.807) is 18.2 Å². The van der Waals surface area contributed by atoms with Crippen molar-refractivity contribution in [2.75, 3.05) is 0 Å². The first kappa shape index (κ1) is 20.4. The van der Waals surface area contributed by atoms with E-state index in [4.69, 9.17) is 16.0 Å². The van der Waals surface area contributed by atoms with Crippen molar-refractivity contribution in [2.45, 2.75) is 11.8 Å². The third-order valence-corrected chi connectivity index (χ3v) is 7.73. The quantitative estimate of drug-likeness (QED) is 0.275. The Morgan fingerprint density at radius 2 is 1.23 bits per heavy atom. The Balaban J connectivity index is 1.23. The number of amides is 2. The van der Waals surface area contributed by atoms with Crippen LogP contribution < -0.4 is 0 Å². The van der Waals surface area contributed by atoms with E-state index < -0.39 is 11.8 Å². The summed E-state index contributed by atoms with van der Waals surface area (Å²) in [4.78, 5) is 27.2. The molecule has 4 aliphatic rings. The molecule has 2 bridgehead atoms. The summed E-state index contributed by atoms with van der Waals surface area (Å²) in [7, 11) is 0. The largest absolute Gasteiger partial charge is 0.455 e. The Bertz CT molecular complexity index is 1420. The van der Waals surface area contributed by atoms with E-state index in [2.05, 4.69) is 29.4 Å². The fraction of sp³-hybridized carbons (Fsp3) is 0.138. The molecule has 1 aliphatic heterocycles. The molecule has 1 fully saturated rings. The number of hydrogen-bond donors (Lipinski definition) is 0. The molecule has 2 amide bonds. The van der Waals surface area contributed by atoms with Crippen LogP contribution in [0.4, 0.5) is 0 Å². The maximum absolute atomic E-state index is 13.6. The molecule has 3 aliphatic carbocycles. The number of imide groups is 1. The molecule has 4 aromatic rings. The van der Waals surface area contributed by atoms with Crippen molar-refractivity contribution in [3.63, 3.8) is 0 Å². The third kappa shape index (κ3) is 2.91. The summed E-state index contributed by atoms with van der Waals surface area (Å²) in [6.45, 7) is 0. The van der Waals surface area contributed by atoms with Crippen LogP contribution in [-0.2, 0) is 9.59 Å². The van der Waals surface area contributed by atoms with E-state index in [1.165, 1.54) is 6.21 Å². The second-order valence-corrected chi connectivity index (χ2v) is 9.64. The molecular formula is C29H19ClN2O3. The molecule has 0 N–H and O–H groups in total. The Labute approximate surface area is 206 Å². The lowest BCUT2D eigenvalue weighted by atomic mass is 9.55. The maximum Gasteiger partial charge on any atom is 0.254 e. The van der Waals surface area contributed by atoms with Gasteiger partial charge in [-0.05, 0) is 58.7 Å². The molecule has 3 aromatic carbocycles. The van der Waals surface area contributed by atoms with Crippen molar-refractivity contribution in [2.24, 2.45) is 16.9 Å². The molecule has 6 heteroatoms. The molecule has 0 saturated carbocycles. The number of furan rings is 1. The minimum atomic E-state index is -0.448. The van der Waals surface area contributed by atoms with Gasteiger partial charge in [-0.15, -0.1) is 0 Å². The number of carbonyl (C=O) groups is 2. The van der Waals surface area contributed by atoms with Crippen LogP contribution in [0.1, 0.15) is 39.8 Å². The van der Waals surface area contributed by atoms with E-state index >= 15 is 0 Å². The van der Waals surface area contributed by atoms with Gasteiger partial charge in [0.15, 0.2) is 0 Å². The summed E-state index contributed by atoms with van der Waals surface area (Å²) in [6, 6.07) is 27.3. The highest BCUT2D eigenvalue weighted by Gasteiger charge is 2.61. The standard InChI is InChI=1S/C29H19ClN2O3/c30-17-11-9-16(10-12-17)23-14-13-18(35-23)15-31-32-28(33)26-24-19-5-1-2-6-20(19)25(27(26)29(32)34)22-8-4-3-7-21(22)24/h1-15,24-27H/b31-15-/t24?,25?,26-,27-/m0/s1. The van der Waals surface area contributed by atoms with Crippen molar-refractivity contribution < 1.29 is 14.0 Å². The van der Waals surface area contributed by atoms with E-state index in [-0.39, 0.29) is 23.7 Å². The minimum absolute atomic E-state index is 0.144. The number of rotatable bonds is 3. The Morgan fingerprint density at radius 3 is 1.74 bits per heavy atom. The van der Waals surface area contributed by atoms with Gasteiger partial charge in [-0.25, -0.2) is 0 Å². The molecule has 35 heavy (non-hydrogen) atoms. The van der Waals surface area contributed by atoms with Crippen molar-refractivity contribution in [3.8, 4) is 11.3 Å². The van der Waals surface area contributed by atoms with Gasteiger partial charge in [0, 0.05) is 22.4 Å². The number of nitrogens with zero attached hydrogens (tertiary/aromatic N) is 2. The highest BCUT2D eigenvalue weighted by atomic mass is 35.5. The molecule has 2 atom stereocenters. The molecule has 0 spiro atoms. The molecule has 0 unspecified atom stereocenters. The lowest BCUT2D eigenvalue weighted by Crippen LogP contribution is -2.41. The third-order valence-electron chi connectivity index (χ3n) is 7.48. The summed E-state index contributed by atoms with van der Waals surface area (Å²) in [5.74, 6) is -0.575. The zero-order chi connectivity index (χ0) is 23.7. The fourth-order valence-electron chi connectivity index (χ4n) is 6.08. The number of carbonyl (C=O) groups excluding carboxylic acids is 2. The van der Waals surface area contributed by atoms with Crippen molar-refractivity contribution in [3.05, 3.63) is 118 Å². The Kier molecular flexibility index (Phi) is 4.39. The zero-order valence-corrected chi connectivity index (χ0v) is 19.2. The summed E-state index contributed by atoms with van der Waals surface area (Å²) in [5.41, 5.74) is 5.44. The van der Waals surface area contributed by atoms with Gasteiger partial charge in [0.2, 0.25) is 0 Å². The van der Waals surface area contributed by atoms with Gasteiger partial charge >= 0.3 is 0 Å². The Hall–Kier alpha value is -3.96. The van der Waals surface area contributed by atoms with Crippen molar-refractivity contribution in [1.82, 2.24) is 5.01 Å². The molecule has 8 rings (SSSR count). The topological polar surface area (TPSA) is 62.9 Å². The maximum atomic E-state index is 13.6. The van der Waals surface area contributed by atoms with Gasteiger partial charge < -0.3 is 4.42 Å². The first-order chi connectivity index (χ1) is 17.1. The monoisotopic (exact) mass is 478 g/mol. The number of hydrogen-bond acceptors (Lipinski definition) is 4. The van der Waals surface area contributed by atoms with Gasteiger partial charge in [-0.3, -0.25) is 9.59 Å². The SMILES string of the molecule is O=C1[C@H]2C3c4ccccc4C(c4ccccc43)[C@@H]2C(=O)N1/N=C\c1ccc(-c2ccc(Cl)cc2)o1. The highest BCUT2D eigenvalue weighted by Crippen LogP contribution is 2.60. The average Bonchev–Trinajstić information content (AvgIpc) is 3.46. The lowest BCUT2D eigenvalue weighted by molar-refractivity contribution is -0.139. The molecule has 2 heterocycles. The van der Waals surface area contributed by atoms with Crippen LogP contribution in [0.25, 0.3) is 11.3 Å². The van der Waals surface area contributed by atoms with Crippen molar-refractivity contribution >= 4 is 29.6 Å². The number of halogens is 1. The molecule has 1 aromatic heterocycles. The fourth-order valence-corrected chi connectivity index (χ4v) is 6.21. The summed E-state index contributed by atoms with van der Waals surface area (Å²) in [6.07, 6.45) is 1.44. The molecule has 1 saturated heterocycles. The minimum Gasteiger partial charge on any atom is -0.455 e. The van der Waals surface area contributed by atoms with Gasteiger partial charge in [0.05, 0.1) is 18.1 Å². The summed E-state index contributed by atoms with van der Waals surface area (Å²) >= 11 is 5.97. The van der Waals surface area contributed by atoms with Gasteiger partial charge in [0.25, 0.3) is 11.8 Å². The van der Waals surface area contributed by atoms with E-state index in [0.29, 0.717) is 16.5 Å². The zero-order valence-electron chi connectivity index (χ0n) is 18.5. The first-order valence-electron chi connectivity index (χ1n) is 11.6. The van der Waals surface area contributed by atoms with Gasteiger partial charge in [-0.2, -0.15) is 10.1 Å². The van der Waals surface area contributed by atoms with Crippen LogP contribution in [0.3, 0.4) is 0 Å². The van der Waals surface area contributed by atoms with Gasteiger partial charge in [0.1, 0.15) is 11.5 Å². The first-order valence-corrected chi connectivity index (χ1v) is 11.9. The predicted molar refractivity (Wildman–Crippen MR) is 132 cm³/mol. The molecule has 170 valence electrons. The highest BCUT2D eigenvalue weighted by molar-refractivity contribution is 6.30. The van der Waals surface area contributed by atoms with Crippen LogP contribution >= 0.6 is 11.6 Å². The number of benzene rings is 3. The number of hydrazone groups is 1. The van der Waals surface area contributed by atoms with Crippen LogP contribution in [0, 0.1) is 11.8 Å². The summed E-state index contributed by atoms with van der Waals surface area (Å²) in [5, 5.41) is 6.02. The Morgan fingerprint density at radius 1 is 0.714 bits per heavy atom. The normalized spacial score (nSPS) is 24.1. The smallest absolute Gasteiger partial charge is 0.254 e. The predicted octanol–water partition coefficient (Wildman–Crippen LogP) is 5.83. The average molecular weight is 479 g/mol. The van der Waals surface area contributed by atoms with Crippen LogP contribution in [0.5, 0.6) is 0 Å². The molecular weight excluding hydrogens is 460 g/mol. The second kappa shape index (κ2) is 7.52. The van der Waals surface area contributed by atoms with E-state index in [9.17, 15) is 9.59 Å². The van der Waals surface area contributed by atoms with Crippen molar-refractivity contribution in [1.29, 1.82) is 0 Å². The second-order valence-electron chi connectivity index (χ2n) is 9.21. The van der Waals surface area contributed by atoms with Crippen LogP contribution in [0.2, 0.25) is 5.02 Å². The van der Waals surface area contributed by atoms with E-state index in [1.807, 2.05) is 42.5 Å². The molecule has 0 radical (unpaired) electrons. The molecule has 5 nitrogen and oxygen atoms in total. The van der Waals surface area contributed by atoms with Gasteiger partial charge in [-0.1, -0.05) is 60.1 Å². The van der Waals surface area contributed by atoms with Crippen LogP contribution in [0.15, 0.2) is 94.4 Å². The lowest BCUT2D eigenvalue weighted by Gasteiger charge is -2.45.